The number of carbonyl (C=O) groups is 1. The highest BCUT2D eigenvalue weighted by Gasteiger charge is 2.24. The predicted molar refractivity (Wildman–Crippen MR) is 181 cm³/mol. The van der Waals surface area contributed by atoms with E-state index >= 15 is 0 Å². The van der Waals surface area contributed by atoms with Crippen LogP contribution < -0.4 is 20.7 Å². The van der Waals surface area contributed by atoms with Crippen molar-refractivity contribution in [2.75, 3.05) is 36.5 Å². The largest absolute Gasteiger partial charge is 0.486 e. The van der Waals surface area contributed by atoms with Crippen LogP contribution >= 0.6 is 11.6 Å². The zero-order chi connectivity index (χ0) is 31.6. The van der Waals surface area contributed by atoms with E-state index in [1.807, 2.05) is 30.3 Å². The van der Waals surface area contributed by atoms with Crippen molar-refractivity contribution in [2.24, 2.45) is 5.73 Å². The van der Waals surface area contributed by atoms with E-state index in [4.69, 9.17) is 26.8 Å². The van der Waals surface area contributed by atoms with Gasteiger partial charge in [-0.25, -0.2) is 0 Å². The fourth-order valence-electron chi connectivity index (χ4n) is 6.33. The van der Waals surface area contributed by atoms with E-state index in [1.54, 1.807) is 12.3 Å². The maximum absolute atomic E-state index is 11.5. The number of nitrogens with zero attached hydrogens (tertiary/aromatic N) is 4. The lowest BCUT2D eigenvalue weighted by Crippen LogP contribution is -2.32. The fraction of sp³-hybridized carbons (Fsp3) is 0.250. The molecule has 2 fully saturated rings. The van der Waals surface area contributed by atoms with Gasteiger partial charge in [0.15, 0.2) is 0 Å². The van der Waals surface area contributed by atoms with Crippen LogP contribution in [0.25, 0.3) is 21.8 Å². The number of amides is 1. The van der Waals surface area contributed by atoms with E-state index in [2.05, 4.69) is 62.4 Å². The molecule has 232 valence electrons. The zero-order valence-electron chi connectivity index (χ0n) is 25.2. The third kappa shape index (κ3) is 6.23. The molecular weight excluding hydrogens is 600 g/mol. The van der Waals surface area contributed by atoms with E-state index in [0.29, 0.717) is 44.1 Å². The number of nitriles is 1. The number of benzene rings is 3. The first-order chi connectivity index (χ1) is 22.4. The summed E-state index contributed by atoms with van der Waals surface area (Å²) in [6.45, 7) is 3.34. The minimum atomic E-state index is -0.416. The molecule has 2 aliphatic rings. The first-order valence-electron chi connectivity index (χ1n) is 15.4. The van der Waals surface area contributed by atoms with Gasteiger partial charge in [-0.05, 0) is 60.9 Å². The van der Waals surface area contributed by atoms with Crippen molar-refractivity contribution < 1.29 is 14.3 Å². The summed E-state index contributed by atoms with van der Waals surface area (Å²) in [5.41, 5.74) is 12.3. The molecule has 0 spiro atoms. The van der Waals surface area contributed by atoms with E-state index in [0.717, 1.165) is 74.4 Å². The second-order valence-electron chi connectivity index (χ2n) is 11.8. The summed E-state index contributed by atoms with van der Waals surface area (Å²) in [4.78, 5) is 18.4. The predicted octanol–water partition coefficient (Wildman–Crippen LogP) is 6.69. The SMILES string of the molecule is N#Cc1cnc2cc(OC3CCOC3)c(N3CCC(=CC(N)=O)CC3)cc2c1Nc1ccc2c(ccn2Cc2cccc(Cl)c2)c1. The molecule has 5 aromatic rings. The molecule has 4 heterocycles. The number of ether oxygens (including phenoxy) is 2. The fourth-order valence-corrected chi connectivity index (χ4v) is 6.54. The van der Waals surface area contributed by atoms with E-state index < -0.39 is 5.91 Å². The Balaban J connectivity index is 1.24. The number of hydrogen-bond donors (Lipinski definition) is 2. The maximum atomic E-state index is 11.5. The summed E-state index contributed by atoms with van der Waals surface area (Å²) >= 11 is 6.21. The maximum Gasteiger partial charge on any atom is 0.241 e. The lowest BCUT2D eigenvalue weighted by Gasteiger charge is -2.32. The molecule has 0 radical (unpaired) electrons. The highest BCUT2D eigenvalue weighted by atomic mass is 35.5. The van der Waals surface area contributed by atoms with Crippen molar-refractivity contribution in [2.45, 2.75) is 31.9 Å². The van der Waals surface area contributed by atoms with Gasteiger partial charge in [-0.15, -0.1) is 0 Å². The number of carbonyl (C=O) groups excluding carboxylic acids is 1. The van der Waals surface area contributed by atoms with Crippen LogP contribution in [0.15, 0.2) is 84.7 Å². The lowest BCUT2D eigenvalue weighted by atomic mass is 10.0. The van der Waals surface area contributed by atoms with Gasteiger partial charge in [0.2, 0.25) is 5.91 Å². The van der Waals surface area contributed by atoms with Gasteiger partial charge in [0.05, 0.1) is 35.7 Å². The van der Waals surface area contributed by atoms with E-state index in [9.17, 15) is 10.1 Å². The number of anilines is 3. The molecule has 1 amide bonds. The summed E-state index contributed by atoms with van der Waals surface area (Å²) in [7, 11) is 0. The van der Waals surface area contributed by atoms with Crippen molar-refractivity contribution in [3.63, 3.8) is 0 Å². The molecule has 9 nitrogen and oxygen atoms in total. The molecule has 1 atom stereocenters. The van der Waals surface area contributed by atoms with Crippen molar-refractivity contribution in [1.82, 2.24) is 9.55 Å². The summed E-state index contributed by atoms with van der Waals surface area (Å²) in [5.74, 6) is 0.317. The molecule has 10 heteroatoms. The van der Waals surface area contributed by atoms with E-state index in [-0.39, 0.29) is 6.10 Å². The number of primary amides is 1. The highest BCUT2D eigenvalue weighted by Crippen LogP contribution is 2.40. The molecule has 3 aromatic carbocycles. The first kappa shape index (κ1) is 29.7. The Labute approximate surface area is 271 Å². The van der Waals surface area contributed by atoms with Crippen LogP contribution in [0.2, 0.25) is 5.02 Å². The second-order valence-corrected chi connectivity index (χ2v) is 12.2. The summed E-state index contributed by atoms with van der Waals surface area (Å²) in [5, 5.41) is 16.3. The molecule has 0 saturated carbocycles. The van der Waals surface area contributed by atoms with Crippen LogP contribution in [0.5, 0.6) is 5.75 Å². The number of hydrogen-bond acceptors (Lipinski definition) is 7. The number of nitrogens with two attached hydrogens (primary N) is 1. The van der Waals surface area contributed by atoms with Crippen molar-refractivity contribution in [3.05, 3.63) is 101 Å². The number of aromatic nitrogens is 2. The second kappa shape index (κ2) is 12.8. The van der Waals surface area contributed by atoms with Crippen LogP contribution in [-0.2, 0) is 16.1 Å². The molecule has 0 aliphatic carbocycles. The normalized spacial score (nSPS) is 16.5. The number of rotatable bonds is 8. The van der Waals surface area contributed by atoms with Gasteiger partial charge in [-0.1, -0.05) is 29.3 Å². The zero-order valence-corrected chi connectivity index (χ0v) is 26.0. The molecule has 2 saturated heterocycles. The number of piperidine rings is 1. The van der Waals surface area contributed by atoms with Gasteiger partial charge in [0, 0.05) is 77.6 Å². The Hall–Kier alpha value is -5.04. The van der Waals surface area contributed by atoms with Crippen molar-refractivity contribution >= 4 is 56.4 Å². The third-order valence-corrected chi connectivity index (χ3v) is 8.86. The minimum Gasteiger partial charge on any atom is -0.486 e. The van der Waals surface area contributed by atoms with Crippen LogP contribution in [0.3, 0.4) is 0 Å². The number of pyridine rings is 1. The van der Waals surface area contributed by atoms with Gasteiger partial charge >= 0.3 is 0 Å². The molecule has 3 N–H and O–H groups in total. The van der Waals surface area contributed by atoms with Gasteiger partial charge in [0.1, 0.15) is 17.9 Å². The number of halogens is 1. The average Bonchev–Trinajstić information content (AvgIpc) is 3.71. The van der Waals surface area contributed by atoms with Gasteiger partial charge < -0.3 is 30.0 Å². The molecule has 7 rings (SSSR count). The standard InChI is InChI=1S/C36H33ClN6O3/c37-27-3-1-2-24(14-27)21-43-12-8-25-16-28(4-5-32(25)43)41-36-26(19-38)20-40-31-18-34(46-29-9-13-45-22-29)33(17-30(31)36)42-10-6-23(7-11-42)15-35(39)44/h1-5,8,12,14-18,20,29H,6-7,9-11,13,21-22H2,(H2,39,44)(H,40,41). The Morgan fingerprint density at radius 1 is 1.17 bits per heavy atom. The summed E-state index contributed by atoms with van der Waals surface area (Å²) in [6.07, 6.45) is 7.45. The van der Waals surface area contributed by atoms with Gasteiger partial charge in [-0.3, -0.25) is 9.78 Å². The van der Waals surface area contributed by atoms with Gasteiger partial charge in [-0.2, -0.15) is 5.26 Å². The monoisotopic (exact) mass is 632 g/mol. The minimum absolute atomic E-state index is 0.0415. The Kier molecular flexibility index (Phi) is 8.22. The van der Waals surface area contributed by atoms with Crippen LogP contribution in [0.1, 0.15) is 30.4 Å². The Morgan fingerprint density at radius 2 is 2.04 bits per heavy atom. The number of nitrogens with one attached hydrogen (secondary N) is 1. The highest BCUT2D eigenvalue weighted by molar-refractivity contribution is 6.30. The van der Waals surface area contributed by atoms with Crippen LogP contribution in [-0.4, -0.2) is 47.9 Å². The quantitative estimate of drug-likeness (QED) is 0.183. The lowest BCUT2D eigenvalue weighted by molar-refractivity contribution is -0.113. The Bertz CT molecular complexity index is 2010. The van der Waals surface area contributed by atoms with Gasteiger partial charge in [0.25, 0.3) is 0 Å². The number of fused-ring (bicyclic) bond motifs is 2. The molecule has 46 heavy (non-hydrogen) atoms. The summed E-state index contributed by atoms with van der Waals surface area (Å²) < 4.78 is 14.3. The van der Waals surface area contributed by atoms with Crippen molar-refractivity contribution in [1.29, 1.82) is 5.26 Å². The first-order valence-corrected chi connectivity index (χ1v) is 15.8. The summed E-state index contributed by atoms with van der Waals surface area (Å²) in [6, 6.07) is 22.5. The molecule has 2 aliphatic heterocycles. The van der Waals surface area contributed by atoms with Crippen LogP contribution in [0, 0.1) is 11.3 Å². The van der Waals surface area contributed by atoms with Crippen molar-refractivity contribution in [3.8, 4) is 11.8 Å². The smallest absolute Gasteiger partial charge is 0.241 e. The molecule has 2 aromatic heterocycles. The third-order valence-electron chi connectivity index (χ3n) is 8.63. The molecule has 0 bridgehead atoms. The topological polar surface area (TPSA) is 118 Å². The molecule has 1 unspecified atom stereocenters. The average molecular weight is 633 g/mol. The molecular formula is C36H33ClN6O3. The Morgan fingerprint density at radius 3 is 2.80 bits per heavy atom. The van der Waals surface area contributed by atoms with Crippen LogP contribution in [0.4, 0.5) is 17.1 Å². The van der Waals surface area contributed by atoms with E-state index in [1.165, 1.54) is 0 Å².